The van der Waals surface area contributed by atoms with Gasteiger partial charge in [-0.1, -0.05) is 59.9 Å². The number of rotatable bonds is 6. The summed E-state index contributed by atoms with van der Waals surface area (Å²) in [6.07, 6.45) is -0.660. The van der Waals surface area contributed by atoms with Gasteiger partial charge in [-0.3, -0.25) is 9.69 Å². The molecule has 0 saturated carbocycles. The van der Waals surface area contributed by atoms with Gasteiger partial charge in [0.05, 0.1) is 5.69 Å². The number of hydrogen-bond donors (Lipinski definition) is 1. The fraction of sp³-hybridized carbons (Fsp3) is 0.111. The van der Waals surface area contributed by atoms with E-state index in [1.165, 1.54) is 16.2 Å². The molecule has 1 heterocycles. The second kappa shape index (κ2) is 8.72. The third kappa shape index (κ3) is 4.64. The number of ether oxygens (including phenoxy) is 1. The van der Waals surface area contributed by atoms with Crippen LogP contribution in [0, 0.1) is 0 Å². The van der Waals surface area contributed by atoms with Crippen LogP contribution in [0.2, 0.25) is 0 Å². The fourth-order valence-corrected chi connectivity index (χ4v) is 2.80. The van der Waals surface area contributed by atoms with Crippen molar-refractivity contribution in [2.45, 2.75) is 6.61 Å². The number of anilines is 2. The van der Waals surface area contributed by atoms with Crippen LogP contribution in [-0.4, -0.2) is 28.7 Å². The molecule has 132 valence electrons. The molecule has 0 unspecified atom stereocenters. The largest absolute Gasteiger partial charge is 0.445 e. The van der Waals surface area contributed by atoms with Gasteiger partial charge in [0.1, 0.15) is 18.7 Å². The molecule has 0 saturated heterocycles. The molecule has 0 radical (unpaired) electrons. The Morgan fingerprint density at radius 1 is 1.04 bits per heavy atom. The molecule has 2 amide bonds. The topological polar surface area (TPSA) is 84.4 Å². The lowest BCUT2D eigenvalue weighted by molar-refractivity contribution is -0.117. The van der Waals surface area contributed by atoms with Gasteiger partial charge in [-0.15, -0.1) is 10.2 Å². The average Bonchev–Trinajstić information content (AvgIpc) is 3.21. The maximum Gasteiger partial charge on any atom is 0.407 e. The van der Waals surface area contributed by atoms with Crippen molar-refractivity contribution >= 4 is 34.2 Å². The van der Waals surface area contributed by atoms with Gasteiger partial charge in [0, 0.05) is 0 Å². The van der Waals surface area contributed by atoms with Crippen molar-refractivity contribution in [2.75, 3.05) is 11.4 Å². The standard InChI is InChI=1S/C18H16N4O3S/c23-16(11-19-18(24)25-12-14-7-3-1-4-8-14)22(17-21-20-13-26-17)15-9-5-2-6-10-15/h1-10,13H,11-12H2,(H,19,24). The molecule has 3 rings (SSSR count). The highest BCUT2D eigenvalue weighted by molar-refractivity contribution is 7.13. The molecule has 0 atom stereocenters. The normalized spacial score (nSPS) is 10.2. The second-order valence-electron chi connectivity index (χ2n) is 5.20. The minimum atomic E-state index is -0.660. The van der Waals surface area contributed by atoms with E-state index in [0.717, 1.165) is 5.56 Å². The summed E-state index contributed by atoms with van der Waals surface area (Å²) in [7, 11) is 0. The van der Waals surface area contributed by atoms with Gasteiger partial charge in [-0.25, -0.2) is 4.79 Å². The molecule has 2 aromatic carbocycles. The van der Waals surface area contributed by atoms with Gasteiger partial charge < -0.3 is 10.1 Å². The summed E-state index contributed by atoms with van der Waals surface area (Å²) in [5, 5.41) is 10.6. The number of alkyl carbamates (subject to hydrolysis) is 1. The highest BCUT2D eigenvalue weighted by Gasteiger charge is 2.21. The van der Waals surface area contributed by atoms with Gasteiger partial charge in [-0.05, 0) is 17.7 Å². The lowest BCUT2D eigenvalue weighted by Gasteiger charge is -2.19. The van der Waals surface area contributed by atoms with Crippen molar-refractivity contribution in [1.29, 1.82) is 0 Å². The zero-order chi connectivity index (χ0) is 18.2. The summed E-state index contributed by atoms with van der Waals surface area (Å²) in [6, 6.07) is 18.4. The lowest BCUT2D eigenvalue weighted by atomic mass is 10.2. The molecule has 3 aromatic rings. The fourth-order valence-electron chi connectivity index (χ4n) is 2.20. The monoisotopic (exact) mass is 368 g/mol. The quantitative estimate of drug-likeness (QED) is 0.723. The van der Waals surface area contributed by atoms with Crippen molar-refractivity contribution in [3.63, 3.8) is 0 Å². The first-order valence-electron chi connectivity index (χ1n) is 7.83. The third-order valence-corrected chi connectivity index (χ3v) is 4.08. The molecular formula is C18H16N4O3S. The molecule has 1 N–H and O–H groups in total. The van der Waals surface area contributed by atoms with Crippen LogP contribution in [-0.2, 0) is 16.1 Å². The number of benzene rings is 2. The molecule has 0 aliphatic heterocycles. The van der Waals surface area contributed by atoms with Gasteiger partial charge in [0.2, 0.25) is 5.13 Å². The van der Waals surface area contributed by atoms with Crippen LogP contribution < -0.4 is 10.2 Å². The first kappa shape index (κ1) is 17.6. The smallest absolute Gasteiger partial charge is 0.407 e. The van der Waals surface area contributed by atoms with E-state index in [1.807, 2.05) is 48.5 Å². The Bertz CT molecular complexity index is 841. The maximum atomic E-state index is 12.6. The molecule has 1 aromatic heterocycles. The molecule has 0 fully saturated rings. The zero-order valence-electron chi connectivity index (χ0n) is 13.7. The van der Waals surface area contributed by atoms with Crippen LogP contribution in [0.25, 0.3) is 0 Å². The maximum absolute atomic E-state index is 12.6. The summed E-state index contributed by atoms with van der Waals surface area (Å²) in [5.41, 5.74) is 3.06. The minimum absolute atomic E-state index is 0.139. The van der Waals surface area contributed by atoms with E-state index < -0.39 is 6.09 Å². The molecule has 0 aliphatic carbocycles. The van der Waals surface area contributed by atoms with E-state index in [1.54, 1.807) is 17.6 Å². The summed E-state index contributed by atoms with van der Waals surface area (Å²) >= 11 is 1.23. The van der Waals surface area contributed by atoms with Crippen molar-refractivity contribution in [2.24, 2.45) is 0 Å². The first-order chi connectivity index (χ1) is 12.7. The highest BCUT2D eigenvalue weighted by atomic mass is 32.1. The van der Waals surface area contributed by atoms with Crippen molar-refractivity contribution < 1.29 is 14.3 Å². The third-order valence-electron chi connectivity index (χ3n) is 3.40. The summed E-state index contributed by atoms with van der Waals surface area (Å²) in [6.45, 7) is -0.0816. The molecule has 7 nitrogen and oxygen atoms in total. The van der Waals surface area contributed by atoms with Crippen molar-refractivity contribution in [3.8, 4) is 0 Å². The molecule has 8 heteroatoms. The number of nitrogens with zero attached hydrogens (tertiary/aromatic N) is 3. The summed E-state index contributed by atoms with van der Waals surface area (Å²) in [4.78, 5) is 25.9. The number of amides is 2. The van der Waals surface area contributed by atoms with E-state index in [9.17, 15) is 9.59 Å². The number of aromatic nitrogens is 2. The highest BCUT2D eigenvalue weighted by Crippen LogP contribution is 2.26. The van der Waals surface area contributed by atoms with Gasteiger partial charge >= 0.3 is 6.09 Å². The van der Waals surface area contributed by atoms with E-state index in [0.29, 0.717) is 10.8 Å². The molecule has 26 heavy (non-hydrogen) atoms. The Hall–Kier alpha value is -3.26. The Morgan fingerprint density at radius 2 is 1.73 bits per heavy atom. The van der Waals surface area contributed by atoms with Crippen LogP contribution in [0.3, 0.4) is 0 Å². The number of carbonyl (C=O) groups is 2. The average molecular weight is 368 g/mol. The number of carbonyl (C=O) groups excluding carboxylic acids is 2. The van der Waals surface area contributed by atoms with E-state index in [-0.39, 0.29) is 19.1 Å². The number of nitrogens with one attached hydrogen (secondary N) is 1. The van der Waals surface area contributed by atoms with Crippen LogP contribution in [0.15, 0.2) is 66.2 Å². The van der Waals surface area contributed by atoms with Crippen LogP contribution >= 0.6 is 11.3 Å². The van der Waals surface area contributed by atoms with Gasteiger partial charge in [-0.2, -0.15) is 0 Å². The summed E-state index contributed by atoms with van der Waals surface area (Å²) in [5.74, 6) is -0.343. The molecule has 0 aliphatic rings. The second-order valence-corrected chi connectivity index (χ2v) is 6.01. The zero-order valence-corrected chi connectivity index (χ0v) is 14.6. The molecule has 0 spiro atoms. The Morgan fingerprint density at radius 3 is 2.38 bits per heavy atom. The Balaban J connectivity index is 1.59. The number of hydrogen-bond acceptors (Lipinski definition) is 6. The Kier molecular flexibility index (Phi) is 5.89. The van der Waals surface area contributed by atoms with Gasteiger partial charge in [0.15, 0.2) is 0 Å². The minimum Gasteiger partial charge on any atom is -0.445 e. The summed E-state index contributed by atoms with van der Waals surface area (Å²) < 4.78 is 5.11. The SMILES string of the molecule is O=C(NCC(=O)N(c1ccccc1)c1nncs1)OCc1ccccc1. The lowest BCUT2D eigenvalue weighted by Crippen LogP contribution is -2.38. The number of para-hydroxylation sites is 1. The van der Waals surface area contributed by atoms with Crippen LogP contribution in [0.1, 0.15) is 5.56 Å². The van der Waals surface area contributed by atoms with Crippen LogP contribution in [0.5, 0.6) is 0 Å². The van der Waals surface area contributed by atoms with E-state index in [4.69, 9.17) is 4.74 Å². The molecule has 0 bridgehead atoms. The predicted octanol–water partition coefficient (Wildman–Crippen LogP) is 3.13. The van der Waals surface area contributed by atoms with Gasteiger partial charge in [0.25, 0.3) is 5.91 Å². The predicted molar refractivity (Wildman–Crippen MR) is 98.1 cm³/mol. The Labute approximate surface area is 154 Å². The first-order valence-corrected chi connectivity index (χ1v) is 8.71. The van der Waals surface area contributed by atoms with E-state index in [2.05, 4.69) is 15.5 Å². The van der Waals surface area contributed by atoms with E-state index >= 15 is 0 Å². The molecular weight excluding hydrogens is 352 g/mol. The van der Waals surface area contributed by atoms with Crippen LogP contribution in [0.4, 0.5) is 15.6 Å². The van der Waals surface area contributed by atoms with Crippen molar-refractivity contribution in [1.82, 2.24) is 15.5 Å². The van der Waals surface area contributed by atoms with Crippen molar-refractivity contribution in [3.05, 3.63) is 71.7 Å².